The van der Waals surface area contributed by atoms with E-state index >= 15 is 0 Å². The highest BCUT2D eigenvalue weighted by Gasteiger charge is 2.55. The van der Waals surface area contributed by atoms with Crippen molar-refractivity contribution in [3.05, 3.63) is 35.4 Å². The van der Waals surface area contributed by atoms with Crippen LogP contribution in [0.15, 0.2) is 24.3 Å². The van der Waals surface area contributed by atoms with Gasteiger partial charge in [0.15, 0.2) is 5.60 Å². The summed E-state index contributed by atoms with van der Waals surface area (Å²) in [4.78, 5) is 14.6. The van der Waals surface area contributed by atoms with Gasteiger partial charge in [0, 0.05) is 31.8 Å². The average Bonchev–Trinajstić information content (AvgIpc) is 3.00. The lowest BCUT2D eigenvalue weighted by molar-refractivity contribution is -0.167. The van der Waals surface area contributed by atoms with Crippen molar-refractivity contribution in [1.82, 2.24) is 4.90 Å². The van der Waals surface area contributed by atoms with Crippen LogP contribution in [0.2, 0.25) is 0 Å². The predicted octanol–water partition coefficient (Wildman–Crippen LogP) is 3.84. The maximum absolute atomic E-state index is 13.9. The van der Waals surface area contributed by atoms with Crippen LogP contribution in [0.3, 0.4) is 0 Å². The van der Waals surface area contributed by atoms with Crippen LogP contribution in [0, 0.1) is 17.8 Å². The number of aliphatic hydroxyl groups is 1. The minimum atomic E-state index is -2.91. The molecule has 4 nitrogen and oxygen atoms in total. The Morgan fingerprint density at radius 2 is 1.82 bits per heavy atom. The molecule has 2 saturated carbocycles. The summed E-state index contributed by atoms with van der Waals surface area (Å²) in [6.07, 6.45) is 2.39. The first-order valence-corrected chi connectivity index (χ1v) is 10.3. The molecule has 3 aliphatic rings. The molecule has 1 saturated heterocycles. The minimum Gasteiger partial charge on any atom is -0.479 e. The van der Waals surface area contributed by atoms with Crippen molar-refractivity contribution < 1.29 is 23.8 Å². The number of benzene rings is 1. The molecule has 0 spiro atoms. The van der Waals surface area contributed by atoms with Gasteiger partial charge in [-0.2, -0.15) is 0 Å². The molecule has 28 heavy (non-hydrogen) atoms. The van der Waals surface area contributed by atoms with Crippen LogP contribution in [-0.4, -0.2) is 47.1 Å². The number of carbonyl (C=O) groups is 1. The van der Waals surface area contributed by atoms with E-state index in [9.17, 15) is 23.8 Å². The fourth-order valence-electron chi connectivity index (χ4n) is 6.13. The van der Waals surface area contributed by atoms with E-state index in [4.69, 9.17) is 0 Å². The summed E-state index contributed by atoms with van der Waals surface area (Å²) < 4.78 is 27.8. The quantitative estimate of drug-likeness (QED) is 0.816. The highest BCUT2D eigenvalue weighted by molar-refractivity contribution is 5.80. The topological polar surface area (TPSA) is 60.8 Å². The lowest BCUT2D eigenvalue weighted by Gasteiger charge is -2.48. The van der Waals surface area contributed by atoms with Crippen molar-refractivity contribution in [2.24, 2.45) is 17.8 Å². The van der Waals surface area contributed by atoms with Crippen molar-refractivity contribution in [1.29, 1.82) is 0 Å². The van der Waals surface area contributed by atoms with Gasteiger partial charge in [-0.15, -0.1) is 0 Å². The van der Waals surface area contributed by atoms with Crippen molar-refractivity contribution in [3.8, 4) is 0 Å². The number of carboxylic acids is 1. The number of aliphatic carboxylic acids is 1. The molecule has 6 heteroatoms. The van der Waals surface area contributed by atoms with Gasteiger partial charge in [0.25, 0.3) is 0 Å². The Hall–Kier alpha value is -1.53. The van der Waals surface area contributed by atoms with Crippen LogP contribution in [0.25, 0.3) is 0 Å². The number of likely N-dealkylation sites (tertiary alicyclic amines) is 1. The van der Waals surface area contributed by atoms with Gasteiger partial charge < -0.3 is 15.1 Å². The Balaban J connectivity index is 1.77. The molecule has 0 amide bonds. The summed E-state index contributed by atoms with van der Waals surface area (Å²) in [5, 5.41) is 21.4. The number of nitrogens with zero attached hydrogens (tertiary/aromatic N) is 1. The van der Waals surface area contributed by atoms with Crippen molar-refractivity contribution in [2.75, 3.05) is 20.1 Å². The first kappa shape index (κ1) is 19.8. The molecule has 0 radical (unpaired) electrons. The number of carboxylic acid groups (broad SMARTS) is 1. The van der Waals surface area contributed by atoms with E-state index in [1.165, 1.54) is 6.42 Å². The minimum absolute atomic E-state index is 0.0182. The highest BCUT2D eigenvalue weighted by Crippen LogP contribution is 2.52. The monoisotopic (exact) mass is 393 g/mol. The Morgan fingerprint density at radius 3 is 2.39 bits per heavy atom. The Labute approximate surface area is 164 Å². The summed E-state index contributed by atoms with van der Waals surface area (Å²) >= 11 is 0. The van der Waals surface area contributed by atoms with Crippen LogP contribution in [0.4, 0.5) is 8.78 Å². The van der Waals surface area contributed by atoms with E-state index < -0.39 is 29.8 Å². The van der Waals surface area contributed by atoms with Crippen molar-refractivity contribution in [3.63, 3.8) is 0 Å². The molecular weight excluding hydrogens is 364 g/mol. The third-order valence-corrected chi connectivity index (χ3v) is 7.31. The maximum atomic E-state index is 13.9. The first-order chi connectivity index (χ1) is 13.2. The van der Waals surface area contributed by atoms with Gasteiger partial charge in [0.05, 0.1) is 0 Å². The lowest BCUT2D eigenvalue weighted by atomic mass is 9.63. The molecule has 3 fully saturated rings. The van der Waals surface area contributed by atoms with Crippen LogP contribution in [0.1, 0.15) is 55.6 Å². The zero-order valence-corrected chi connectivity index (χ0v) is 16.3. The smallest absolute Gasteiger partial charge is 0.340 e. The number of hydrogen-bond donors (Lipinski definition) is 2. The maximum Gasteiger partial charge on any atom is 0.340 e. The summed E-state index contributed by atoms with van der Waals surface area (Å²) in [6.45, 7) is 1.89. The van der Waals surface area contributed by atoms with Gasteiger partial charge in [0.1, 0.15) is 0 Å². The summed E-state index contributed by atoms with van der Waals surface area (Å²) in [5.74, 6) is -4.32. The Morgan fingerprint density at radius 1 is 1.18 bits per heavy atom. The van der Waals surface area contributed by atoms with E-state index in [-0.39, 0.29) is 18.8 Å². The second-order valence-electron chi connectivity index (χ2n) is 9.15. The fourth-order valence-corrected chi connectivity index (χ4v) is 6.13. The van der Waals surface area contributed by atoms with Gasteiger partial charge in [-0.05, 0) is 55.2 Å². The molecule has 4 atom stereocenters. The van der Waals surface area contributed by atoms with E-state index in [2.05, 4.69) is 11.9 Å². The Bertz CT molecular complexity index is 741. The van der Waals surface area contributed by atoms with Crippen molar-refractivity contribution in [2.45, 2.75) is 56.0 Å². The molecule has 1 aliphatic heterocycles. The van der Waals surface area contributed by atoms with E-state index in [1.807, 2.05) is 12.1 Å². The molecule has 2 N–H and O–H groups in total. The van der Waals surface area contributed by atoms with Crippen LogP contribution < -0.4 is 0 Å². The SMILES string of the molecule is CN1CC2CCCC(C1)C2c1ccccc1[C@@](O)(C(=O)O)[C@@H]1CCC(F)(F)C1. The zero-order valence-electron chi connectivity index (χ0n) is 16.3. The van der Waals surface area contributed by atoms with Crippen LogP contribution in [0.5, 0.6) is 0 Å². The first-order valence-electron chi connectivity index (χ1n) is 10.3. The second-order valence-corrected chi connectivity index (χ2v) is 9.15. The third-order valence-electron chi connectivity index (χ3n) is 7.31. The Kier molecular flexibility index (Phi) is 4.99. The summed E-state index contributed by atoms with van der Waals surface area (Å²) in [6, 6.07) is 7.15. The highest BCUT2D eigenvalue weighted by atomic mass is 19.3. The van der Waals surface area contributed by atoms with E-state index in [0.717, 1.165) is 31.5 Å². The molecule has 1 aromatic rings. The standard InChI is InChI=1S/C22H29F2NO3/c1-25-12-14-5-4-6-15(13-25)19(14)17-7-2-3-8-18(17)22(28,20(26)27)16-9-10-21(23,24)11-16/h2-3,7-8,14-16,19,28H,4-6,9-13H2,1H3,(H,26,27)/t14?,15?,16-,19?,22-/m1/s1. The van der Waals surface area contributed by atoms with E-state index in [0.29, 0.717) is 17.4 Å². The normalized spacial score (nSPS) is 34.7. The van der Waals surface area contributed by atoms with Crippen molar-refractivity contribution >= 4 is 5.97 Å². The molecule has 2 bridgehead atoms. The zero-order chi connectivity index (χ0) is 20.1. The molecule has 2 aliphatic carbocycles. The molecule has 0 aromatic heterocycles. The number of halogens is 2. The third kappa shape index (κ3) is 3.24. The van der Waals surface area contributed by atoms with Gasteiger partial charge in [-0.3, -0.25) is 0 Å². The van der Waals surface area contributed by atoms with Gasteiger partial charge in [0.2, 0.25) is 5.92 Å². The van der Waals surface area contributed by atoms with E-state index in [1.54, 1.807) is 12.1 Å². The fraction of sp³-hybridized carbons (Fsp3) is 0.682. The van der Waals surface area contributed by atoms with Crippen LogP contribution >= 0.6 is 0 Å². The molecule has 1 aromatic carbocycles. The number of alkyl halides is 2. The molecular formula is C22H29F2NO3. The molecule has 1 heterocycles. The summed E-state index contributed by atoms with van der Waals surface area (Å²) in [5.41, 5.74) is -1.09. The van der Waals surface area contributed by atoms with Crippen LogP contribution in [-0.2, 0) is 10.4 Å². The number of fused-ring (bicyclic) bond motifs is 2. The average molecular weight is 393 g/mol. The predicted molar refractivity (Wildman–Crippen MR) is 101 cm³/mol. The second kappa shape index (κ2) is 7.06. The molecule has 4 rings (SSSR count). The van der Waals surface area contributed by atoms with Gasteiger partial charge >= 0.3 is 5.97 Å². The van der Waals surface area contributed by atoms with Gasteiger partial charge in [-0.25, -0.2) is 13.6 Å². The lowest BCUT2D eigenvalue weighted by Crippen LogP contribution is -2.48. The van der Waals surface area contributed by atoms with Gasteiger partial charge in [-0.1, -0.05) is 30.7 Å². The molecule has 2 unspecified atom stereocenters. The number of piperidine rings is 1. The number of rotatable bonds is 4. The largest absolute Gasteiger partial charge is 0.479 e. The summed E-state index contributed by atoms with van der Waals surface area (Å²) in [7, 11) is 2.11. The number of hydrogen-bond acceptors (Lipinski definition) is 3. The molecule has 154 valence electrons.